The first-order valence-corrected chi connectivity index (χ1v) is 11.9. The molecular weight excluding hydrogens is 311 g/mol. The Morgan fingerprint density at radius 3 is 1.54 bits per heavy atom. The molecule has 1 heteroatoms. The third-order valence-corrected chi connectivity index (χ3v) is 10.8. The summed E-state index contributed by atoms with van der Waals surface area (Å²) in [7, 11) is 0. The molecule has 4 bridgehead atoms. The van der Waals surface area contributed by atoms with Crippen LogP contribution in [-0.4, -0.2) is 6.71 Å². The SMILES string of the molecule is C=CCB([C@H]1C[C@H]2C[C@@H]([C@@H]1CC)C2(C)C)[C@H]1C[C@H]2C[C@@H]([C@@H]1CC)C2(C)C. The largest absolute Gasteiger partial charge is 0.150 e. The molecule has 0 nitrogen and oxygen atoms in total. The predicted octanol–water partition coefficient (Wildman–Crippen LogP) is 7.59. The molecule has 0 saturated heterocycles. The second-order valence-electron chi connectivity index (χ2n) is 11.9. The summed E-state index contributed by atoms with van der Waals surface area (Å²) in [6.45, 7) is 20.4. The van der Waals surface area contributed by atoms with Crippen LogP contribution in [0.25, 0.3) is 0 Å². The lowest BCUT2D eigenvalue weighted by Gasteiger charge is -2.67. The van der Waals surface area contributed by atoms with Gasteiger partial charge in [-0.1, -0.05) is 91.3 Å². The van der Waals surface area contributed by atoms with Crippen molar-refractivity contribution >= 4 is 6.71 Å². The van der Waals surface area contributed by atoms with E-state index in [0.717, 1.165) is 53.9 Å². The zero-order valence-corrected chi connectivity index (χ0v) is 18.4. The first-order valence-electron chi connectivity index (χ1n) is 11.9. The quantitative estimate of drug-likeness (QED) is 0.340. The summed E-state index contributed by atoms with van der Waals surface area (Å²) < 4.78 is 0. The third kappa shape index (κ3) is 2.47. The summed E-state index contributed by atoms with van der Waals surface area (Å²) in [4.78, 5) is 0. The molecule has 6 aliphatic carbocycles. The molecule has 0 radical (unpaired) electrons. The zero-order valence-electron chi connectivity index (χ0n) is 18.4. The Bertz CT molecular complexity index is 502. The van der Waals surface area contributed by atoms with E-state index in [1.165, 1.54) is 44.8 Å². The van der Waals surface area contributed by atoms with Gasteiger partial charge in [0.05, 0.1) is 0 Å². The molecule has 0 aliphatic heterocycles. The summed E-state index contributed by atoms with van der Waals surface area (Å²) in [5.74, 6) is 7.91. The summed E-state index contributed by atoms with van der Waals surface area (Å²) in [5.41, 5.74) is 1.24. The van der Waals surface area contributed by atoms with Crippen molar-refractivity contribution in [2.75, 3.05) is 0 Å². The molecule has 0 aromatic rings. The average Bonchev–Trinajstić information content (AvgIpc) is 2.64. The van der Waals surface area contributed by atoms with Crippen LogP contribution in [0.4, 0.5) is 0 Å². The molecule has 0 heterocycles. The van der Waals surface area contributed by atoms with Crippen molar-refractivity contribution in [3.8, 4) is 0 Å². The molecule has 0 spiro atoms. The third-order valence-electron chi connectivity index (χ3n) is 10.8. The van der Waals surface area contributed by atoms with Crippen molar-refractivity contribution in [1.29, 1.82) is 0 Å². The number of hydrogen-bond donors (Lipinski definition) is 0. The first-order chi connectivity index (χ1) is 12.3. The van der Waals surface area contributed by atoms with Crippen molar-refractivity contribution < 1.29 is 0 Å². The summed E-state index contributed by atoms with van der Waals surface area (Å²) >= 11 is 0. The molecule has 0 unspecified atom stereocenters. The fourth-order valence-electron chi connectivity index (χ4n) is 8.99. The van der Waals surface area contributed by atoms with Gasteiger partial charge in [0.25, 0.3) is 0 Å². The van der Waals surface area contributed by atoms with Gasteiger partial charge in [-0.05, 0) is 59.2 Å². The van der Waals surface area contributed by atoms with Gasteiger partial charge < -0.3 is 0 Å². The Balaban J connectivity index is 1.59. The van der Waals surface area contributed by atoms with Crippen LogP contribution in [0, 0.1) is 46.3 Å². The van der Waals surface area contributed by atoms with Gasteiger partial charge in [-0.2, -0.15) is 0 Å². The standard InChI is InChI=1S/C25H43B/c1-8-11-26(22-14-16-12-20(18(22)9-2)24(16,4)5)23-15-17-13-21(19(23)10-3)25(17,6)7/h8,16-23H,1,9-15H2,2-7H3/t16-,17-,18+,19+,20+,21+,22+,23+/m1/s1. The Hall–Kier alpha value is -0.195. The van der Waals surface area contributed by atoms with Crippen molar-refractivity contribution in [1.82, 2.24) is 0 Å². The molecule has 0 aromatic carbocycles. The molecule has 0 amide bonds. The minimum atomic E-state index is 0.622. The summed E-state index contributed by atoms with van der Waals surface area (Å²) in [5, 5.41) is 0. The van der Waals surface area contributed by atoms with Crippen LogP contribution in [0.5, 0.6) is 0 Å². The molecule has 0 aromatic heterocycles. The Labute approximate surface area is 164 Å². The van der Waals surface area contributed by atoms with E-state index in [1.54, 1.807) is 0 Å². The maximum absolute atomic E-state index is 4.21. The van der Waals surface area contributed by atoms with E-state index in [2.05, 4.69) is 54.2 Å². The average molecular weight is 354 g/mol. The highest BCUT2D eigenvalue weighted by Gasteiger charge is 2.62. The van der Waals surface area contributed by atoms with Crippen molar-refractivity contribution in [2.45, 2.75) is 98.0 Å². The molecule has 6 aliphatic rings. The van der Waals surface area contributed by atoms with Gasteiger partial charge >= 0.3 is 0 Å². The highest BCUT2D eigenvalue weighted by Crippen LogP contribution is 2.70. The smallest absolute Gasteiger partial charge is 0.104 e. The van der Waals surface area contributed by atoms with Gasteiger partial charge in [0.15, 0.2) is 6.71 Å². The Kier molecular flexibility index (Phi) is 4.72. The first kappa shape index (κ1) is 19.1. The van der Waals surface area contributed by atoms with E-state index >= 15 is 0 Å². The molecule has 26 heavy (non-hydrogen) atoms. The Morgan fingerprint density at radius 1 is 0.808 bits per heavy atom. The number of hydrogen-bond acceptors (Lipinski definition) is 0. The lowest BCUT2D eigenvalue weighted by molar-refractivity contribution is -0.114. The minimum Gasteiger partial charge on any atom is -0.104 e. The molecule has 6 rings (SSSR count). The van der Waals surface area contributed by atoms with Gasteiger partial charge in [0.2, 0.25) is 0 Å². The van der Waals surface area contributed by atoms with Crippen LogP contribution in [0.2, 0.25) is 18.0 Å². The van der Waals surface area contributed by atoms with Gasteiger partial charge in [-0.15, -0.1) is 6.58 Å². The molecule has 146 valence electrons. The lowest BCUT2D eigenvalue weighted by Crippen LogP contribution is -2.60. The van der Waals surface area contributed by atoms with E-state index in [4.69, 9.17) is 0 Å². The van der Waals surface area contributed by atoms with Crippen LogP contribution in [-0.2, 0) is 0 Å². The van der Waals surface area contributed by atoms with Crippen molar-refractivity contribution in [3.05, 3.63) is 12.7 Å². The van der Waals surface area contributed by atoms with Crippen molar-refractivity contribution in [3.63, 3.8) is 0 Å². The normalized spacial score (nSPS) is 47.5. The van der Waals surface area contributed by atoms with E-state index in [1.807, 2.05) is 0 Å². The van der Waals surface area contributed by atoms with Gasteiger partial charge in [0.1, 0.15) is 0 Å². The molecule has 8 atom stereocenters. The fourth-order valence-corrected chi connectivity index (χ4v) is 8.99. The fraction of sp³-hybridized carbons (Fsp3) is 0.920. The maximum atomic E-state index is 4.21. The summed E-state index contributed by atoms with van der Waals surface area (Å²) in [6, 6.07) is 0. The summed E-state index contributed by atoms with van der Waals surface area (Å²) in [6.07, 6.45) is 12.5. The second-order valence-corrected chi connectivity index (χ2v) is 11.9. The molecular formula is C25H43B. The van der Waals surface area contributed by atoms with Gasteiger partial charge in [-0.25, -0.2) is 0 Å². The van der Waals surface area contributed by atoms with Crippen LogP contribution < -0.4 is 0 Å². The molecule has 6 fully saturated rings. The molecule has 6 saturated carbocycles. The van der Waals surface area contributed by atoms with E-state index in [9.17, 15) is 0 Å². The van der Waals surface area contributed by atoms with Crippen LogP contribution in [0.3, 0.4) is 0 Å². The highest BCUT2D eigenvalue weighted by molar-refractivity contribution is 6.62. The highest BCUT2D eigenvalue weighted by atomic mass is 14.6. The molecule has 0 N–H and O–H groups in total. The minimum absolute atomic E-state index is 0.622. The Morgan fingerprint density at radius 2 is 1.23 bits per heavy atom. The van der Waals surface area contributed by atoms with Gasteiger partial charge in [0, 0.05) is 0 Å². The maximum Gasteiger partial charge on any atom is 0.150 e. The lowest BCUT2D eigenvalue weighted by atomic mass is 9.20. The second kappa shape index (κ2) is 6.42. The number of allylic oxidation sites excluding steroid dienone is 1. The van der Waals surface area contributed by atoms with Crippen LogP contribution in [0.15, 0.2) is 12.7 Å². The zero-order chi connectivity index (χ0) is 18.9. The van der Waals surface area contributed by atoms with Crippen LogP contribution in [0.1, 0.15) is 80.1 Å². The van der Waals surface area contributed by atoms with E-state index in [0.29, 0.717) is 10.8 Å². The van der Waals surface area contributed by atoms with Crippen LogP contribution >= 0.6 is 0 Å². The monoisotopic (exact) mass is 354 g/mol. The van der Waals surface area contributed by atoms with Gasteiger partial charge in [-0.3, -0.25) is 0 Å². The number of rotatable bonds is 6. The topological polar surface area (TPSA) is 0 Å². The van der Waals surface area contributed by atoms with E-state index < -0.39 is 0 Å². The number of fused-ring (bicyclic) bond motifs is 4. The van der Waals surface area contributed by atoms with E-state index in [-0.39, 0.29) is 0 Å². The van der Waals surface area contributed by atoms with Crippen molar-refractivity contribution in [2.24, 2.45) is 46.3 Å². The predicted molar refractivity (Wildman–Crippen MR) is 116 cm³/mol.